The third kappa shape index (κ3) is 4.05. The number of nitrogens with zero attached hydrogens (tertiary/aromatic N) is 2. The van der Waals surface area contributed by atoms with Crippen molar-refractivity contribution in [3.63, 3.8) is 0 Å². The second-order valence-corrected chi connectivity index (χ2v) is 8.68. The SMILES string of the molecule is Cn1nc(C(=O)NC2CCS(=O)(=O)C2)cc1NC(=O)c1ccccc1Cl. The van der Waals surface area contributed by atoms with Gasteiger partial charge in [0, 0.05) is 19.2 Å². The van der Waals surface area contributed by atoms with E-state index in [-0.39, 0.29) is 17.2 Å². The fraction of sp³-hybridized carbons (Fsp3) is 0.312. The smallest absolute Gasteiger partial charge is 0.272 e. The van der Waals surface area contributed by atoms with E-state index in [0.717, 1.165) is 0 Å². The van der Waals surface area contributed by atoms with Gasteiger partial charge in [-0.25, -0.2) is 8.42 Å². The van der Waals surface area contributed by atoms with Crippen molar-refractivity contribution >= 4 is 39.1 Å². The normalized spacial score (nSPS) is 18.5. The molecule has 1 aliphatic rings. The van der Waals surface area contributed by atoms with E-state index in [0.29, 0.717) is 22.8 Å². The lowest BCUT2D eigenvalue weighted by Gasteiger charge is -2.08. The average molecular weight is 397 g/mol. The van der Waals surface area contributed by atoms with Gasteiger partial charge in [0.1, 0.15) is 5.82 Å². The van der Waals surface area contributed by atoms with Gasteiger partial charge in [-0.2, -0.15) is 5.10 Å². The van der Waals surface area contributed by atoms with Gasteiger partial charge < -0.3 is 10.6 Å². The highest BCUT2D eigenvalue weighted by Crippen LogP contribution is 2.18. The molecule has 0 aliphatic carbocycles. The first-order valence-electron chi connectivity index (χ1n) is 7.86. The minimum absolute atomic E-state index is 0.0678. The second-order valence-electron chi connectivity index (χ2n) is 6.05. The number of aromatic nitrogens is 2. The van der Waals surface area contributed by atoms with Crippen LogP contribution in [-0.2, 0) is 16.9 Å². The standard InChI is InChI=1S/C16H17ClN4O4S/c1-21-14(19-15(22)11-4-2-3-5-12(11)17)8-13(20-21)16(23)18-10-6-7-26(24,25)9-10/h2-5,8,10H,6-7,9H2,1H3,(H,18,23)(H,19,22). The number of anilines is 1. The van der Waals surface area contributed by atoms with Gasteiger partial charge in [-0.05, 0) is 18.6 Å². The van der Waals surface area contributed by atoms with Crippen LogP contribution >= 0.6 is 11.6 Å². The molecule has 1 aromatic heterocycles. The predicted octanol–water partition coefficient (Wildman–Crippen LogP) is 1.24. The number of halogens is 1. The Morgan fingerprint density at radius 1 is 1.27 bits per heavy atom. The fourth-order valence-corrected chi connectivity index (χ4v) is 4.59. The summed E-state index contributed by atoms with van der Waals surface area (Å²) >= 11 is 6.00. The summed E-state index contributed by atoms with van der Waals surface area (Å²) < 4.78 is 24.3. The Morgan fingerprint density at radius 3 is 2.65 bits per heavy atom. The van der Waals surface area contributed by atoms with Gasteiger partial charge in [0.05, 0.1) is 22.1 Å². The van der Waals surface area contributed by atoms with E-state index in [2.05, 4.69) is 15.7 Å². The zero-order chi connectivity index (χ0) is 18.9. The number of carbonyl (C=O) groups excluding carboxylic acids is 2. The van der Waals surface area contributed by atoms with Gasteiger partial charge >= 0.3 is 0 Å². The summed E-state index contributed by atoms with van der Waals surface area (Å²) in [6, 6.07) is 7.60. The molecule has 1 unspecified atom stereocenters. The first-order chi connectivity index (χ1) is 12.2. The number of aryl methyl sites for hydroxylation is 1. The van der Waals surface area contributed by atoms with Gasteiger partial charge in [-0.3, -0.25) is 14.3 Å². The molecule has 26 heavy (non-hydrogen) atoms. The van der Waals surface area contributed by atoms with Crippen molar-refractivity contribution in [1.82, 2.24) is 15.1 Å². The van der Waals surface area contributed by atoms with Crippen molar-refractivity contribution in [3.8, 4) is 0 Å². The summed E-state index contributed by atoms with van der Waals surface area (Å²) in [6.45, 7) is 0. The minimum atomic E-state index is -3.09. The number of sulfone groups is 1. The zero-order valence-corrected chi connectivity index (χ0v) is 15.5. The Balaban J connectivity index is 1.70. The van der Waals surface area contributed by atoms with Crippen LogP contribution in [0.2, 0.25) is 5.02 Å². The summed E-state index contributed by atoms with van der Waals surface area (Å²) in [6.07, 6.45) is 0.386. The lowest BCUT2D eigenvalue weighted by Crippen LogP contribution is -2.35. The first-order valence-corrected chi connectivity index (χ1v) is 10.1. The molecular formula is C16H17ClN4O4S. The monoisotopic (exact) mass is 396 g/mol. The van der Waals surface area contributed by atoms with E-state index in [4.69, 9.17) is 11.6 Å². The first kappa shape index (κ1) is 18.4. The van der Waals surface area contributed by atoms with Crippen molar-refractivity contribution < 1.29 is 18.0 Å². The predicted molar refractivity (Wildman–Crippen MR) is 97.1 cm³/mol. The third-order valence-corrected chi connectivity index (χ3v) is 6.14. The maximum absolute atomic E-state index is 12.3. The maximum Gasteiger partial charge on any atom is 0.272 e. The maximum atomic E-state index is 12.3. The molecule has 1 atom stereocenters. The Hall–Kier alpha value is -2.39. The summed E-state index contributed by atoms with van der Waals surface area (Å²) in [5.41, 5.74) is 0.392. The molecule has 8 nitrogen and oxygen atoms in total. The molecule has 1 saturated heterocycles. The summed E-state index contributed by atoms with van der Waals surface area (Å²) in [5, 5.41) is 9.69. The lowest BCUT2D eigenvalue weighted by molar-refractivity contribution is 0.0934. The van der Waals surface area contributed by atoms with Crippen LogP contribution in [0.1, 0.15) is 27.3 Å². The number of amides is 2. The molecule has 10 heteroatoms. The molecule has 138 valence electrons. The van der Waals surface area contributed by atoms with E-state index in [1.165, 1.54) is 10.7 Å². The van der Waals surface area contributed by atoms with Gasteiger partial charge in [0.2, 0.25) is 0 Å². The highest BCUT2D eigenvalue weighted by Gasteiger charge is 2.29. The molecule has 0 spiro atoms. The third-order valence-electron chi connectivity index (χ3n) is 4.04. The fourth-order valence-electron chi connectivity index (χ4n) is 2.69. The molecule has 0 bridgehead atoms. The van der Waals surface area contributed by atoms with Crippen molar-refractivity contribution in [2.75, 3.05) is 16.8 Å². The average Bonchev–Trinajstić information content (AvgIpc) is 3.10. The Kier molecular flexibility index (Phi) is 5.01. The molecule has 2 amide bonds. The van der Waals surface area contributed by atoms with Gasteiger partial charge in [-0.15, -0.1) is 0 Å². The molecule has 0 radical (unpaired) electrons. The van der Waals surface area contributed by atoms with E-state index >= 15 is 0 Å². The van der Waals surface area contributed by atoms with Crippen LogP contribution in [0, 0.1) is 0 Å². The molecule has 3 rings (SSSR count). The van der Waals surface area contributed by atoms with Crippen LogP contribution in [0.25, 0.3) is 0 Å². The molecule has 2 aromatic rings. The minimum Gasteiger partial charge on any atom is -0.347 e. The van der Waals surface area contributed by atoms with Gasteiger partial charge in [0.15, 0.2) is 15.5 Å². The highest BCUT2D eigenvalue weighted by atomic mass is 35.5. The molecule has 1 fully saturated rings. The number of nitrogens with one attached hydrogen (secondary N) is 2. The Labute approximate surface area is 155 Å². The number of hydrogen-bond donors (Lipinski definition) is 2. The quantitative estimate of drug-likeness (QED) is 0.807. The van der Waals surface area contributed by atoms with E-state index in [1.54, 1.807) is 31.3 Å². The molecule has 2 heterocycles. The summed E-state index contributed by atoms with van der Waals surface area (Å²) in [4.78, 5) is 24.6. The van der Waals surface area contributed by atoms with Gasteiger partial charge in [0.25, 0.3) is 11.8 Å². The Bertz CT molecular complexity index is 970. The van der Waals surface area contributed by atoms with E-state index < -0.39 is 27.7 Å². The largest absolute Gasteiger partial charge is 0.347 e. The Morgan fingerprint density at radius 2 is 2.00 bits per heavy atom. The molecule has 0 saturated carbocycles. The lowest BCUT2D eigenvalue weighted by atomic mass is 10.2. The number of carbonyl (C=O) groups is 2. The molecule has 2 N–H and O–H groups in total. The topological polar surface area (TPSA) is 110 Å². The van der Waals surface area contributed by atoms with Crippen LogP contribution in [0.3, 0.4) is 0 Å². The number of rotatable bonds is 4. The van der Waals surface area contributed by atoms with Crippen LogP contribution in [0.5, 0.6) is 0 Å². The van der Waals surface area contributed by atoms with Crippen molar-refractivity contribution in [2.45, 2.75) is 12.5 Å². The van der Waals surface area contributed by atoms with Crippen molar-refractivity contribution in [2.24, 2.45) is 7.05 Å². The van der Waals surface area contributed by atoms with E-state index in [9.17, 15) is 18.0 Å². The number of hydrogen-bond acceptors (Lipinski definition) is 5. The van der Waals surface area contributed by atoms with Crippen LogP contribution in [0.4, 0.5) is 5.82 Å². The van der Waals surface area contributed by atoms with Crippen LogP contribution in [0.15, 0.2) is 30.3 Å². The molecule has 1 aliphatic heterocycles. The van der Waals surface area contributed by atoms with E-state index in [1.807, 2.05) is 0 Å². The highest BCUT2D eigenvalue weighted by molar-refractivity contribution is 7.91. The summed E-state index contributed by atoms with van der Waals surface area (Å²) in [5.74, 6) is -0.589. The number of benzene rings is 1. The molecular weight excluding hydrogens is 380 g/mol. The zero-order valence-electron chi connectivity index (χ0n) is 13.9. The van der Waals surface area contributed by atoms with Gasteiger partial charge in [-0.1, -0.05) is 23.7 Å². The van der Waals surface area contributed by atoms with Crippen molar-refractivity contribution in [1.29, 1.82) is 0 Å². The van der Waals surface area contributed by atoms with Crippen LogP contribution in [-0.4, -0.2) is 47.6 Å². The van der Waals surface area contributed by atoms with Crippen molar-refractivity contribution in [3.05, 3.63) is 46.6 Å². The van der Waals surface area contributed by atoms with Crippen LogP contribution < -0.4 is 10.6 Å². The molecule has 1 aromatic carbocycles. The summed E-state index contributed by atoms with van der Waals surface area (Å²) in [7, 11) is -1.50. The second kappa shape index (κ2) is 7.08.